The molecule has 1 atom stereocenters. The zero-order valence-corrected chi connectivity index (χ0v) is 10.2. The molecule has 3 aromatic heterocycles. The maximum absolute atomic E-state index is 4.45. The third-order valence-corrected chi connectivity index (χ3v) is 4.66. The van der Waals surface area contributed by atoms with Crippen molar-refractivity contribution in [3.63, 3.8) is 0 Å². The van der Waals surface area contributed by atoms with Crippen LogP contribution in [-0.4, -0.2) is 25.0 Å². The van der Waals surface area contributed by atoms with E-state index in [4.69, 9.17) is 0 Å². The van der Waals surface area contributed by atoms with Gasteiger partial charge in [0.1, 0.15) is 11.2 Å². The second-order valence-electron chi connectivity index (χ2n) is 4.72. The zero-order chi connectivity index (χ0) is 11.4. The number of nitrogens with zero attached hydrogens (tertiary/aromatic N) is 5. The number of aryl methyl sites for hydroxylation is 1. The smallest absolute Gasteiger partial charge is 0.191 e. The fourth-order valence-electron chi connectivity index (χ4n) is 2.60. The van der Waals surface area contributed by atoms with Crippen LogP contribution in [0.3, 0.4) is 0 Å². The Hall–Kier alpha value is -1.56. The summed E-state index contributed by atoms with van der Waals surface area (Å²) in [4.78, 5) is 7.00. The normalized spacial score (nSPS) is 19.9. The van der Waals surface area contributed by atoms with E-state index < -0.39 is 0 Å². The summed E-state index contributed by atoms with van der Waals surface area (Å²) in [6.45, 7) is 2.31. The third-order valence-electron chi connectivity index (χ3n) is 3.49. The highest BCUT2D eigenvalue weighted by atomic mass is 32.1. The van der Waals surface area contributed by atoms with E-state index >= 15 is 0 Å². The van der Waals surface area contributed by atoms with Crippen molar-refractivity contribution in [1.29, 1.82) is 0 Å². The van der Waals surface area contributed by atoms with Crippen LogP contribution in [0.4, 0.5) is 0 Å². The highest BCUT2D eigenvalue weighted by molar-refractivity contribution is 7.19. The average molecular weight is 245 g/mol. The van der Waals surface area contributed by atoms with Gasteiger partial charge in [-0.2, -0.15) is 4.52 Å². The van der Waals surface area contributed by atoms with Gasteiger partial charge in [0.2, 0.25) is 0 Å². The van der Waals surface area contributed by atoms with Crippen molar-refractivity contribution < 1.29 is 0 Å². The van der Waals surface area contributed by atoms with Crippen LogP contribution < -0.4 is 0 Å². The van der Waals surface area contributed by atoms with Crippen molar-refractivity contribution >= 4 is 27.2 Å². The fourth-order valence-corrected chi connectivity index (χ4v) is 3.95. The monoisotopic (exact) mass is 245 g/mol. The van der Waals surface area contributed by atoms with Crippen molar-refractivity contribution in [2.45, 2.75) is 26.2 Å². The first kappa shape index (κ1) is 9.47. The van der Waals surface area contributed by atoms with E-state index in [1.165, 1.54) is 28.7 Å². The Balaban J connectivity index is 2.12. The highest BCUT2D eigenvalue weighted by Gasteiger charge is 2.23. The van der Waals surface area contributed by atoms with E-state index in [9.17, 15) is 0 Å². The summed E-state index contributed by atoms with van der Waals surface area (Å²) < 4.78 is 1.66. The van der Waals surface area contributed by atoms with E-state index in [0.29, 0.717) is 0 Å². The lowest BCUT2D eigenvalue weighted by atomic mass is 9.89. The molecule has 0 aromatic carbocycles. The van der Waals surface area contributed by atoms with Crippen molar-refractivity contribution in [1.82, 2.24) is 25.0 Å². The minimum absolute atomic E-state index is 0.780. The molecule has 4 rings (SSSR count). The Bertz CT molecular complexity index is 713. The third kappa shape index (κ3) is 1.24. The Morgan fingerprint density at radius 2 is 2.41 bits per heavy atom. The summed E-state index contributed by atoms with van der Waals surface area (Å²) in [5.41, 5.74) is 2.28. The maximum Gasteiger partial charge on any atom is 0.191 e. The Morgan fingerprint density at radius 3 is 3.35 bits per heavy atom. The Kier molecular flexibility index (Phi) is 1.80. The molecule has 1 aliphatic rings. The van der Waals surface area contributed by atoms with Crippen LogP contribution in [0.2, 0.25) is 0 Å². The van der Waals surface area contributed by atoms with E-state index in [0.717, 1.165) is 22.8 Å². The van der Waals surface area contributed by atoms with Gasteiger partial charge in [-0.3, -0.25) is 0 Å². The first-order chi connectivity index (χ1) is 8.33. The molecule has 0 radical (unpaired) electrons. The second kappa shape index (κ2) is 3.22. The van der Waals surface area contributed by atoms with Crippen molar-refractivity contribution in [2.75, 3.05) is 0 Å². The number of thiophene rings is 1. The molecule has 6 heteroatoms. The molecule has 0 saturated carbocycles. The topological polar surface area (TPSA) is 56.0 Å². The van der Waals surface area contributed by atoms with Crippen LogP contribution in [0.5, 0.6) is 0 Å². The SMILES string of the molecule is C[C@H]1CCc2c(sc3ncn4nnnc4c23)C1. The van der Waals surface area contributed by atoms with Gasteiger partial charge >= 0.3 is 0 Å². The van der Waals surface area contributed by atoms with Gasteiger partial charge in [0.05, 0.1) is 5.39 Å². The van der Waals surface area contributed by atoms with Crippen LogP contribution >= 0.6 is 11.3 Å². The molecule has 0 spiro atoms. The standard InChI is InChI=1S/C11H11N5S/c1-6-2-3-7-8(4-6)17-11-9(7)10-13-14-15-16(10)5-12-11/h5-6H,2-4H2,1H3/t6-/m0/s1. The van der Waals surface area contributed by atoms with Crippen LogP contribution in [0.25, 0.3) is 15.9 Å². The summed E-state index contributed by atoms with van der Waals surface area (Å²) >= 11 is 1.80. The van der Waals surface area contributed by atoms with Crippen molar-refractivity contribution in [2.24, 2.45) is 5.92 Å². The van der Waals surface area contributed by atoms with Crippen molar-refractivity contribution in [3.8, 4) is 0 Å². The molecule has 0 saturated heterocycles. The molecule has 3 aromatic rings. The first-order valence-corrected chi connectivity index (χ1v) is 6.61. The van der Waals surface area contributed by atoms with Crippen molar-refractivity contribution in [3.05, 3.63) is 16.8 Å². The molecule has 3 heterocycles. The van der Waals surface area contributed by atoms with Crippen LogP contribution in [-0.2, 0) is 12.8 Å². The van der Waals surface area contributed by atoms with Gasteiger partial charge in [0.25, 0.3) is 0 Å². The largest absolute Gasteiger partial charge is 0.225 e. The highest BCUT2D eigenvalue weighted by Crippen LogP contribution is 2.38. The maximum atomic E-state index is 4.45. The molecular weight excluding hydrogens is 234 g/mol. The lowest BCUT2D eigenvalue weighted by Gasteiger charge is -2.17. The van der Waals surface area contributed by atoms with E-state index in [-0.39, 0.29) is 0 Å². The van der Waals surface area contributed by atoms with Gasteiger partial charge in [-0.15, -0.1) is 16.4 Å². The number of tetrazole rings is 1. The molecule has 0 unspecified atom stereocenters. The average Bonchev–Trinajstić information content (AvgIpc) is 2.89. The molecule has 1 aliphatic carbocycles. The van der Waals surface area contributed by atoms with Crippen LogP contribution in [0.1, 0.15) is 23.8 Å². The lowest BCUT2D eigenvalue weighted by molar-refractivity contribution is 0.509. The second-order valence-corrected chi connectivity index (χ2v) is 5.81. The number of fused-ring (bicyclic) bond motifs is 5. The van der Waals surface area contributed by atoms with Gasteiger partial charge in [0.15, 0.2) is 5.65 Å². The minimum atomic E-state index is 0.780. The number of aromatic nitrogens is 5. The summed E-state index contributed by atoms with van der Waals surface area (Å²) in [7, 11) is 0. The molecule has 0 aliphatic heterocycles. The minimum Gasteiger partial charge on any atom is -0.225 e. The summed E-state index contributed by atoms with van der Waals surface area (Å²) in [6.07, 6.45) is 5.25. The predicted octanol–water partition coefficient (Wildman–Crippen LogP) is 1.86. The molecule has 0 N–H and O–H groups in total. The Morgan fingerprint density at radius 1 is 1.47 bits per heavy atom. The predicted molar refractivity (Wildman–Crippen MR) is 65.1 cm³/mol. The molecule has 17 heavy (non-hydrogen) atoms. The zero-order valence-electron chi connectivity index (χ0n) is 9.42. The lowest BCUT2D eigenvalue weighted by Crippen LogP contribution is -2.08. The fraction of sp³-hybridized carbons (Fsp3) is 0.455. The Labute approximate surface area is 101 Å². The van der Waals surface area contributed by atoms with Crippen LogP contribution in [0, 0.1) is 5.92 Å². The number of hydrogen-bond acceptors (Lipinski definition) is 5. The molecular formula is C11H11N5S. The summed E-state index contributed by atoms with van der Waals surface area (Å²) in [6, 6.07) is 0. The van der Waals surface area contributed by atoms with Gasteiger partial charge < -0.3 is 0 Å². The molecule has 0 amide bonds. The van der Waals surface area contributed by atoms with E-state index in [2.05, 4.69) is 27.4 Å². The molecule has 0 fully saturated rings. The van der Waals surface area contributed by atoms with E-state index in [1.54, 1.807) is 22.2 Å². The summed E-state index contributed by atoms with van der Waals surface area (Å²) in [5, 5.41) is 12.9. The molecule has 5 nitrogen and oxygen atoms in total. The number of rotatable bonds is 0. The van der Waals surface area contributed by atoms with Gasteiger partial charge in [-0.25, -0.2) is 4.98 Å². The van der Waals surface area contributed by atoms with E-state index in [1.807, 2.05) is 0 Å². The van der Waals surface area contributed by atoms with Gasteiger partial charge in [-0.05, 0) is 41.2 Å². The molecule has 0 bridgehead atoms. The van der Waals surface area contributed by atoms with Gasteiger partial charge in [-0.1, -0.05) is 6.92 Å². The first-order valence-electron chi connectivity index (χ1n) is 5.80. The quantitative estimate of drug-likeness (QED) is 0.606. The molecule has 86 valence electrons. The number of hydrogen-bond donors (Lipinski definition) is 0. The summed E-state index contributed by atoms with van der Waals surface area (Å²) in [5.74, 6) is 0.780. The van der Waals surface area contributed by atoms with Gasteiger partial charge in [0, 0.05) is 4.88 Å². The van der Waals surface area contributed by atoms with Crippen LogP contribution in [0.15, 0.2) is 6.33 Å².